The minimum atomic E-state index is -0.283. The van der Waals surface area contributed by atoms with Crippen LogP contribution in [-0.2, 0) is 26.1 Å². The number of rotatable bonds is 7. The molecule has 0 spiro atoms. The summed E-state index contributed by atoms with van der Waals surface area (Å²) in [5, 5.41) is 3.67. The van der Waals surface area contributed by atoms with Gasteiger partial charge < -0.3 is 19.4 Å². The van der Waals surface area contributed by atoms with Crippen molar-refractivity contribution in [3.8, 4) is 11.5 Å². The number of ether oxygens (including phenoxy) is 2. The van der Waals surface area contributed by atoms with Crippen LogP contribution in [0, 0.1) is 0 Å². The number of hydrogen-bond acceptors (Lipinski definition) is 5. The number of fused-ring (bicyclic) bond motifs is 1. The summed E-state index contributed by atoms with van der Waals surface area (Å²) in [6, 6.07) is 16.7. The maximum Gasteiger partial charge on any atom is 0.257 e. The van der Waals surface area contributed by atoms with Crippen LogP contribution in [0.4, 0.5) is 0 Å². The third-order valence-electron chi connectivity index (χ3n) is 6.06. The number of carbonyl (C=O) groups excluding carboxylic acids is 1. The van der Waals surface area contributed by atoms with Crippen LogP contribution in [-0.4, -0.2) is 42.7 Å². The number of methoxy groups -OCH3 is 2. The first-order chi connectivity index (χ1) is 16.5. The molecule has 0 radical (unpaired) electrons. The van der Waals surface area contributed by atoms with Gasteiger partial charge in [-0.2, -0.15) is 0 Å². The Bertz CT molecular complexity index is 1240. The Labute approximate surface area is 203 Å². The van der Waals surface area contributed by atoms with E-state index in [-0.39, 0.29) is 17.2 Å². The number of nitrogens with one attached hydrogen (secondary N) is 1. The van der Waals surface area contributed by atoms with Gasteiger partial charge >= 0.3 is 0 Å². The molecule has 178 valence electrons. The highest BCUT2D eigenvalue weighted by molar-refractivity contribution is 6.30. The standard InChI is InChI=1S/C26H28ClN3O4/c1-33-22-9-4-3-7-19(22)16-28-26(32)25-21-10-11-29(17-18-6-5-8-20(27)14-18)12-13-30(21)24(31)15-23(25)34-2/h3-9,14-15H,10-13,16-17H2,1-2H3,(H,28,32). The van der Waals surface area contributed by atoms with Gasteiger partial charge in [0.25, 0.3) is 11.5 Å². The van der Waals surface area contributed by atoms with Crippen molar-refractivity contribution in [2.24, 2.45) is 0 Å². The molecule has 0 aliphatic carbocycles. The summed E-state index contributed by atoms with van der Waals surface area (Å²) in [4.78, 5) is 28.4. The van der Waals surface area contributed by atoms with Crippen molar-refractivity contribution in [1.29, 1.82) is 0 Å². The molecule has 2 heterocycles. The highest BCUT2D eigenvalue weighted by Gasteiger charge is 2.25. The zero-order valence-corrected chi connectivity index (χ0v) is 20.1. The first kappa shape index (κ1) is 23.9. The van der Waals surface area contributed by atoms with Crippen LogP contribution in [0.15, 0.2) is 59.4 Å². The van der Waals surface area contributed by atoms with Crippen molar-refractivity contribution < 1.29 is 14.3 Å². The molecule has 1 aromatic heterocycles. The molecule has 3 aromatic rings. The van der Waals surface area contributed by atoms with Crippen LogP contribution in [0.1, 0.15) is 27.2 Å². The Hall–Kier alpha value is -3.29. The van der Waals surface area contributed by atoms with Crippen molar-refractivity contribution in [3.63, 3.8) is 0 Å². The monoisotopic (exact) mass is 481 g/mol. The molecule has 1 N–H and O–H groups in total. The Morgan fingerprint density at radius 1 is 1.00 bits per heavy atom. The summed E-state index contributed by atoms with van der Waals surface area (Å²) in [6.07, 6.45) is 0.546. The predicted molar refractivity (Wildman–Crippen MR) is 132 cm³/mol. The minimum Gasteiger partial charge on any atom is -0.496 e. The first-order valence-corrected chi connectivity index (χ1v) is 11.6. The number of halogens is 1. The van der Waals surface area contributed by atoms with E-state index < -0.39 is 0 Å². The summed E-state index contributed by atoms with van der Waals surface area (Å²) in [7, 11) is 3.08. The van der Waals surface area contributed by atoms with Crippen LogP contribution in [0.5, 0.6) is 11.5 Å². The molecular weight excluding hydrogens is 454 g/mol. The van der Waals surface area contributed by atoms with Crippen LogP contribution < -0.4 is 20.3 Å². The molecular formula is C26H28ClN3O4. The zero-order chi connectivity index (χ0) is 24.1. The van der Waals surface area contributed by atoms with E-state index in [1.807, 2.05) is 48.5 Å². The van der Waals surface area contributed by atoms with Gasteiger partial charge in [-0.1, -0.05) is 41.9 Å². The topological polar surface area (TPSA) is 72.8 Å². The average Bonchev–Trinajstić information content (AvgIpc) is 3.05. The fourth-order valence-electron chi connectivity index (χ4n) is 4.36. The molecule has 2 aromatic carbocycles. The van der Waals surface area contributed by atoms with E-state index in [4.69, 9.17) is 21.1 Å². The van der Waals surface area contributed by atoms with E-state index in [1.54, 1.807) is 11.7 Å². The molecule has 1 aliphatic heterocycles. The third kappa shape index (κ3) is 5.26. The van der Waals surface area contributed by atoms with Gasteiger partial charge in [0.2, 0.25) is 0 Å². The highest BCUT2D eigenvalue weighted by Crippen LogP contribution is 2.24. The summed E-state index contributed by atoms with van der Waals surface area (Å²) in [5.41, 5.74) is 2.90. The molecule has 0 fully saturated rings. The molecule has 0 saturated carbocycles. The zero-order valence-electron chi connectivity index (χ0n) is 19.3. The first-order valence-electron chi connectivity index (χ1n) is 11.2. The van der Waals surface area contributed by atoms with Crippen molar-refractivity contribution in [2.45, 2.75) is 26.1 Å². The average molecular weight is 482 g/mol. The van der Waals surface area contributed by atoms with Crippen molar-refractivity contribution in [2.75, 3.05) is 27.3 Å². The van der Waals surface area contributed by atoms with Crippen molar-refractivity contribution >= 4 is 17.5 Å². The largest absolute Gasteiger partial charge is 0.496 e. The van der Waals surface area contributed by atoms with Gasteiger partial charge in [-0.15, -0.1) is 0 Å². The summed E-state index contributed by atoms with van der Waals surface area (Å²) >= 11 is 6.14. The molecule has 0 atom stereocenters. The molecule has 7 nitrogen and oxygen atoms in total. The lowest BCUT2D eigenvalue weighted by atomic mass is 10.1. The second kappa shape index (κ2) is 10.8. The van der Waals surface area contributed by atoms with E-state index in [0.717, 1.165) is 17.7 Å². The number of hydrogen-bond donors (Lipinski definition) is 1. The second-order valence-electron chi connectivity index (χ2n) is 8.17. The quantitative estimate of drug-likeness (QED) is 0.559. The Balaban J connectivity index is 1.57. The molecule has 0 unspecified atom stereocenters. The van der Waals surface area contributed by atoms with E-state index in [9.17, 15) is 9.59 Å². The molecule has 0 saturated heterocycles. The highest BCUT2D eigenvalue weighted by atomic mass is 35.5. The smallest absolute Gasteiger partial charge is 0.257 e. The summed E-state index contributed by atoms with van der Waals surface area (Å²) < 4.78 is 12.5. The fraction of sp³-hybridized carbons (Fsp3) is 0.308. The lowest BCUT2D eigenvalue weighted by Crippen LogP contribution is -2.31. The van der Waals surface area contributed by atoms with E-state index in [1.165, 1.54) is 13.2 Å². The van der Waals surface area contributed by atoms with Gasteiger partial charge in [0, 0.05) is 61.5 Å². The van der Waals surface area contributed by atoms with Crippen molar-refractivity contribution in [1.82, 2.24) is 14.8 Å². The van der Waals surface area contributed by atoms with Crippen molar-refractivity contribution in [3.05, 3.63) is 92.4 Å². The lowest BCUT2D eigenvalue weighted by Gasteiger charge is -2.19. The Kier molecular flexibility index (Phi) is 7.55. The molecule has 34 heavy (non-hydrogen) atoms. The van der Waals surface area contributed by atoms with Gasteiger partial charge in [-0.05, 0) is 23.8 Å². The summed E-state index contributed by atoms with van der Waals surface area (Å²) in [6.45, 7) is 2.90. The molecule has 1 amide bonds. The van der Waals surface area contributed by atoms with Crippen LogP contribution >= 0.6 is 11.6 Å². The number of aromatic nitrogens is 1. The van der Waals surface area contributed by atoms with Gasteiger partial charge in [0.15, 0.2) is 0 Å². The summed E-state index contributed by atoms with van der Waals surface area (Å²) in [5.74, 6) is 0.710. The third-order valence-corrected chi connectivity index (χ3v) is 6.30. The minimum absolute atomic E-state index is 0.169. The number of benzene rings is 2. The number of para-hydroxylation sites is 1. The Morgan fingerprint density at radius 2 is 1.79 bits per heavy atom. The molecule has 4 rings (SSSR count). The molecule has 1 aliphatic rings. The van der Waals surface area contributed by atoms with E-state index in [2.05, 4.69) is 10.2 Å². The van der Waals surface area contributed by atoms with Crippen LogP contribution in [0.2, 0.25) is 5.02 Å². The molecule has 8 heteroatoms. The van der Waals surface area contributed by atoms with Gasteiger partial charge in [0.05, 0.1) is 14.2 Å². The Morgan fingerprint density at radius 3 is 2.56 bits per heavy atom. The number of nitrogens with zero attached hydrogens (tertiary/aromatic N) is 2. The molecule has 0 bridgehead atoms. The second-order valence-corrected chi connectivity index (χ2v) is 8.61. The number of amides is 1. The van der Waals surface area contributed by atoms with Gasteiger partial charge in [-0.25, -0.2) is 0 Å². The van der Waals surface area contributed by atoms with E-state index in [0.29, 0.717) is 54.6 Å². The van der Waals surface area contributed by atoms with Gasteiger partial charge in [-0.3, -0.25) is 14.5 Å². The number of carbonyl (C=O) groups is 1. The maximum atomic E-state index is 13.3. The number of pyridine rings is 1. The lowest BCUT2D eigenvalue weighted by molar-refractivity contribution is 0.0945. The maximum absolute atomic E-state index is 13.3. The van der Waals surface area contributed by atoms with Crippen LogP contribution in [0.3, 0.4) is 0 Å². The SMILES string of the molecule is COc1ccccc1CNC(=O)c1c(OC)cc(=O)n2c1CCN(Cc1cccc(Cl)c1)CC2. The normalized spacial score (nSPS) is 13.6. The predicted octanol–water partition coefficient (Wildman–Crippen LogP) is 3.51. The van der Waals surface area contributed by atoms with Crippen LogP contribution in [0.25, 0.3) is 0 Å². The fourth-order valence-corrected chi connectivity index (χ4v) is 4.58. The van der Waals surface area contributed by atoms with E-state index >= 15 is 0 Å². The van der Waals surface area contributed by atoms with Gasteiger partial charge in [0.1, 0.15) is 17.1 Å².